The molecule has 0 atom stereocenters. The first-order valence-corrected chi connectivity index (χ1v) is 14.8. The van der Waals surface area contributed by atoms with E-state index in [0.29, 0.717) is 11.4 Å². The molecule has 208 valence electrons. The minimum absolute atomic E-state index is 0.355. The Hall–Kier alpha value is -5.80. The van der Waals surface area contributed by atoms with E-state index in [-0.39, 0.29) is 0 Å². The van der Waals surface area contributed by atoms with E-state index >= 15 is 0 Å². The van der Waals surface area contributed by atoms with Gasteiger partial charge in [0.05, 0.1) is 16.8 Å². The fraction of sp³-hybridized carbons (Fsp3) is 0.0244. The average molecular weight is 565 g/mol. The summed E-state index contributed by atoms with van der Waals surface area (Å²) in [7, 11) is 0. The molecule has 0 unspecified atom stereocenters. The molecule has 2 N–H and O–H groups in total. The predicted octanol–water partition coefficient (Wildman–Crippen LogP) is 9.81. The van der Waals surface area contributed by atoms with Crippen molar-refractivity contribution in [1.29, 1.82) is 10.8 Å². The van der Waals surface area contributed by atoms with Gasteiger partial charge in [0.1, 0.15) is 11.5 Å². The van der Waals surface area contributed by atoms with Crippen LogP contribution in [-0.2, 0) is 5.41 Å². The van der Waals surface area contributed by atoms with Crippen LogP contribution in [-0.4, -0.2) is 11.4 Å². The summed E-state index contributed by atoms with van der Waals surface area (Å²) < 4.78 is 6.66. The van der Waals surface area contributed by atoms with Crippen LogP contribution < -0.4 is 4.74 Å². The quantitative estimate of drug-likeness (QED) is 0.201. The van der Waals surface area contributed by atoms with Gasteiger partial charge in [0.15, 0.2) is 0 Å². The molecule has 6 aromatic carbocycles. The highest BCUT2D eigenvalue weighted by atomic mass is 16.5. The molecule has 3 nitrogen and oxygen atoms in total. The first-order chi connectivity index (χ1) is 21.6. The Balaban J connectivity index is 1.21. The van der Waals surface area contributed by atoms with E-state index in [4.69, 9.17) is 15.6 Å². The Morgan fingerprint density at radius 2 is 1.00 bits per heavy atom. The molecule has 0 fully saturated rings. The zero-order valence-electron chi connectivity index (χ0n) is 23.9. The lowest BCUT2D eigenvalue weighted by molar-refractivity contribution is 0.436. The molecule has 8 rings (SSSR count). The van der Waals surface area contributed by atoms with Gasteiger partial charge in [0.2, 0.25) is 0 Å². The lowest BCUT2D eigenvalue weighted by Crippen LogP contribution is -2.32. The topological polar surface area (TPSA) is 56.9 Å². The Morgan fingerprint density at radius 3 is 1.73 bits per heavy atom. The van der Waals surface area contributed by atoms with Crippen LogP contribution in [0.1, 0.15) is 33.4 Å². The van der Waals surface area contributed by atoms with Gasteiger partial charge in [-0.2, -0.15) is 0 Å². The summed E-state index contributed by atoms with van der Waals surface area (Å²) in [6.45, 7) is 0. The SMILES string of the molecule is N=C(/C=C\C(=N)c1cccc(-c2ccc3c(c2)Oc2ccccc2C32c3ccccc3-c3ccccc32)c1)c1ccccc1. The number of rotatable bonds is 5. The van der Waals surface area contributed by atoms with Gasteiger partial charge in [0, 0.05) is 11.1 Å². The summed E-state index contributed by atoms with van der Waals surface area (Å²) >= 11 is 0. The second-order valence-electron chi connectivity index (χ2n) is 11.3. The maximum Gasteiger partial charge on any atom is 0.132 e. The van der Waals surface area contributed by atoms with Crippen LogP contribution in [0.4, 0.5) is 0 Å². The average Bonchev–Trinajstić information content (AvgIpc) is 3.38. The third kappa shape index (κ3) is 3.90. The summed E-state index contributed by atoms with van der Waals surface area (Å²) in [5.74, 6) is 1.70. The van der Waals surface area contributed by atoms with Crippen molar-refractivity contribution in [2.75, 3.05) is 0 Å². The normalized spacial score (nSPS) is 13.5. The van der Waals surface area contributed by atoms with Crippen LogP contribution in [0, 0.1) is 10.8 Å². The highest BCUT2D eigenvalue weighted by Gasteiger charge is 2.50. The van der Waals surface area contributed by atoms with Crippen molar-refractivity contribution in [3.8, 4) is 33.8 Å². The molecule has 3 heteroatoms. The number of allylic oxidation sites excluding steroid dienone is 2. The molecule has 44 heavy (non-hydrogen) atoms. The second kappa shape index (κ2) is 10.2. The monoisotopic (exact) mass is 564 g/mol. The minimum Gasteiger partial charge on any atom is -0.457 e. The van der Waals surface area contributed by atoms with Gasteiger partial charge in [0.25, 0.3) is 0 Å². The highest BCUT2D eigenvalue weighted by molar-refractivity contribution is 6.14. The van der Waals surface area contributed by atoms with Gasteiger partial charge in [-0.1, -0.05) is 127 Å². The summed E-state index contributed by atoms with van der Waals surface area (Å²) in [5, 5.41) is 17.1. The van der Waals surface area contributed by atoms with Gasteiger partial charge in [-0.05, 0) is 74.9 Å². The molecule has 0 bridgehead atoms. The Morgan fingerprint density at radius 1 is 0.455 bits per heavy atom. The van der Waals surface area contributed by atoms with Crippen LogP contribution >= 0.6 is 0 Å². The van der Waals surface area contributed by atoms with Crippen molar-refractivity contribution in [3.63, 3.8) is 0 Å². The Kier molecular flexibility index (Phi) is 5.99. The van der Waals surface area contributed by atoms with E-state index in [9.17, 15) is 0 Å². The summed E-state index contributed by atoms with van der Waals surface area (Å²) in [4.78, 5) is 0. The van der Waals surface area contributed by atoms with Crippen LogP contribution in [0.15, 0.2) is 158 Å². The molecule has 0 saturated heterocycles. The lowest BCUT2D eigenvalue weighted by atomic mass is 9.66. The van der Waals surface area contributed by atoms with E-state index in [1.165, 1.54) is 22.3 Å². The number of benzene rings is 6. The minimum atomic E-state index is -0.478. The number of ether oxygens (including phenoxy) is 1. The van der Waals surface area contributed by atoms with Gasteiger partial charge in [-0.15, -0.1) is 0 Å². The van der Waals surface area contributed by atoms with E-state index in [0.717, 1.165) is 44.9 Å². The molecule has 0 aromatic heterocycles. The van der Waals surface area contributed by atoms with E-state index in [1.807, 2.05) is 54.6 Å². The van der Waals surface area contributed by atoms with E-state index in [1.54, 1.807) is 12.2 Å². The van der Waals surface area contributed by atoms with Crippen LogP contribution in [0.3, 0.4) is 0 Å². The molecule has 1 spiro atoms. The zero-order valence-corrected chi connectivity index (χ0v) is 23.9. The standard InChI is InChI=1S/C41H28N2O/c42-37(27-11-2-1-3-12-27)23-24-38(43)30-14-10-13-28(25-30)29-21-22-36-40(26-29)44-39-20-9-8-19-35(39)41(36)33-17-6-4-15-31(33)32-16-5-7-18-34(32)41/h1-26,42-43H/b24-23-,42-37?,43-38?. The number of nitrogens with one attached hydrogen (secondary N) is 2. The maximum absolute atomic E-state index is 8.72. The predicted molar refractivity (Wildman–Crippen MR) is 178 cm³/mol. The van der Waals surface area contributed by atoms with Crippen molar-refractivity contribution in [3.05, 3.63) is 191 Å². The molecule has 6 aromatic rings. The molecule has 0 radical (unpaired) electrons. The third-order valence-electron chi connectivity index (χ3n) is 8.86. The van der Waals surface area contributed by atoms with Gasteiger partial charge in [-0.3, -0.25) is 0 Å². The Bertz CT molecular complexity index is 2090. The third-order valence-corrected chi connectivity index (χ3v) is 8.86. The molecular weight excluding hydrogens is 536 g/mol. The van der Waals surface area contributed by atoms with Crippen LogP contribution in [0.25, 0.3) is 22.3 Å². The summed E-state index contributed by atoms with van der Waals surface area (Å²) in [6, 6.07) is 50.0. The molecule has 1 heterocycles. The van der Waals surface area contributed by atoms with E-state index in [2.05, 4.69) is 91.0 Å². The molecule has 2 aliphatic rings. The maximum atomic E-state index is 8.72. The lowest BCUT2D eigenvalue weighted by Gasteiger charge is -2.39. The van der Waals surface area contributed by atoms with Crippen molar-refractivity contribution in [2.45, 2.75) is 5.41 Å². The molecular formula is C41H28N2O. The van der Waals surface area contributed by atoms with Crippen molar-refractivity contribution >= 4 is 11.4 Å². The summed E-state index contributed by atoms with van der Waals surface area (Å²) in [5.41, 5.74) is 11.2. The molecule has 0 amide bonds. The number of hydrogen-bond donors (Lipinski definition) is 2. The summed E-state index contributed by atoms with van der Waals surface area (Å²) in [6.07, 6.45) is 3.38. The first-order valence-electron chi connectivity index (χ1n) is 14.8. The van der Waals surface area contributed by atoms with E-state index < -0.39 is 5.41 Å². The van der Waals surface area contributed by atoms with Crippen molar-refractivity contribution < 1.29 is 4.74 Å². The van der Waals surface area contributed by atoms with Gasteiger partial charge >= 0.3 is 0 Å². The molecule has 1 aliphatic heterocycles. The van der Waals surface area contributed by atoms with Crippen molar-refractivity contribution in [1.82, 2.24) is 0 Å². The molecule has 0 saturated carbocycles. The number of fused-ring (bicyclic) bond motifs is 9. The smallest absolute Gasteiger partial charge is 0.132 e. The Labute approximate surface area is 256 Å². The van der Waals surface area contributed by atoms with Gasteiger partial charge in [-0.25, -0.2) is 0 Å². The number of hydrogen-bond acceptors (Lipinski definition) is 3. The second-order valence-corrected chi connectivity index (χ2v) is 11.3. The van der Waals surface area contributed by atoms with Gasteiger partial charge < -0.3 is 15.6 Å². The number of para-hydroxylation sites is 1. The van der Waals surface area contributed by atoms with Crippen molar-refractivity contribution in [2.24, 2.45) is 0 Å². The van der Waals surface area contributed by atoms with Crippen LogP contribution in [0.2, 0.25) is 0 Å². The molecule has 1 aliphatic carbocycles. The first kappa shape index (κ1) is 25.9. The largest absolute Gasteiger partial charge is 0.457 e. The fourth-order valence-corrected chi connectivity index (χ4v) is 6.88. The zero-order chi connectivity index (χ0) is 29.7. The highest BCUT2D eigenvalue weighted by Crippen LogP contribution is 2.62. The fourth-order valence-electron chi connectivity index (χ4n) is 6.88. The van der Waals surface area contributed by atoms with Crippen LogP contribution in [0.5, 0.6) is 11.5 Å².